The van der Waals surface area contributed by atoms with Crippen molar-refractivity contribution in [3.63, 3.8) is 0 Å². The van der Waals surface area contributed by atoms with E-state index in [1.54, 1.807) is 0 Å². The van der Waals surface area contributed by atoms with Crippen molar-refractivity contribution < 1.29 is 14.6 Å². The molecule has 1 aromatic carbocycles. The molecule has 0 spiro atoms. The number of hydrogen-bond donors (Lipinski definition) is 3. The molecule has 3 N–H and O–H groups in total. The molecule has 6 nitrogen and oxygen atoms in total. The molecule has 0 bridgehead atoms. The highest BCUT2D eigenvalue weighted by Crippen LogP contribution is 2.33. The van der Waals surface area contributed by atoms with Crippen LogP contribution in [0.5, 0.6) is 5.75 Å². The van der Waals surface area contributed by atoms with E-state index in [1.165, 1.54) is 0 Å². The predicted octanol–water partition coefficient (Wildman–Crippen LogP) is 3.75. The first kappa shape index (κ1) is 27.0. The Labute approximate surface area is 199 Å². The van der Waals surface area contributed by atoms with E-state index in [1.807, 2.05) is 38.1 Å². The number of rotatable bonds is 8. The number of aliphatic hydroxyl groups excluding tert-OH is 1. The Balaban J connectivity index is 0.00000450. The number of aliphatic hydroxyl groups is 1. The van der Waals surface area contributed by atoms with Crippen LogP contribution < -0.4 is 15.4 Å². The van der Waals surface area contributed by atoms with Gasteiger partial charge in [0.05, 0.1) is 12.6 Å². The van der Waals surface area contributed by atoms with Gasteiger partial charge in [-0.15, -0.1) is 24.0 Å². The number of nitrogens with zero attached hydrogens (tertiary/aromatic N) is 1. The fourth-order valence-corrected chi connectivity index (χ4v) is 3.73. The Morgan fingerprint density at radius 1 is 1.33 bits per heavy atom. The second kappa shape index (κ2) is 13.4. The Bertz CT molecular complexity index is 649. The number of hydrogen-bond acceptors (Lipinski definition) is 4. The maximum atomic E-state index is 10.3. The van der Waals surface area contributed by atoms with Crippen molar-refractivity contribution >= 4 is 29.9 Å². The molecule has 7 heteroatoms. The smallest absolute Gasteiger partial charge is 0.191 e. The Kier molecular flexibility index (Phi) is 12.0. The minimum Gasteiger partial charge on any atom is -0.491 e. The lowest BCUT2D eigenvalue weighted by Crippen LogP contribution is -2.47. The van der Waals surface area contributed by atoms with Gasteiger partial charge in [0.15, 0.2) is 5.96 Å². The lowest BCUT2D eigenvalue weighted by molar-refractivity contribution is -0.0835. The minimum absolute atomic E-state index is 0. The van der Waals surface area contributed by atoms with Gasteiger partial charge in [0.2, 0.25) is 0 Å². The Morgan fingerprint density at radius 3 is 2.77 bits per heavy atom. The molecular formula is C23H40IN3O3. The normalized spacial score (nSPS) is 20.8. The van der Waals surface area contributed by atoms with Crippen LogP contribution in [0.15, 0.2) is 29.3 Å². The molecule has 0 aromatic heterocycles. The number of ether oxygens (including phenoxy) is 2. The number of nitrogens with one attached hydrogen (secondary N) is 2. The second-order valence-electron chi connectivity index (χ2n) is 8.94. The van der Waals surface area contributed by atoms with Crippen LogP contribution in [0.4, 0.5) is 0 Å². The van der Waals surface area contributed by atoms with Crippen molar-refractivity contribution in [3.8, 4) is 5.75 Å². The zero-order valence-electron chi connectivity index (χ0n) is 19.1. The van der Waals surface area contributed by atoms with Crippen molar-refractivity contribution in [1.29, 1.82) is 0 Å². The topological polar surface area (TPSA) is 75.1 Å². The summed E-state index contributed by atoms with van der Waals surface area (Å²) in [5.41, 5.74) is 1.25. The van der Waals surface area contributed by atoms with Crippen molar-refractivity contribution in [2.24, 2.45) is 16.3 Å². The molecule has 0 aliphatic carbocycles. The number of guanidine groups is 1. The zero-order chi connectivity index (χ0) is 21.3. The first-order chi connectivity index (χ1) is 13.8. The van der Waals surface area contributed by atoms with Gasteiger partial charge in [-0.1, -0.05) is 32.9 Å². The van der Waals surface area contributed by atoms with Crippen LogP contribution in [0.25, 0.3) is 0 Å². The quantitative estimate of drug-likeness (QED) is 0.270. The van der Waals surface area contributed by atoms with E-state index in [2.05, 4.69) is 36.4 Å². The SMILES string of the molecule is CCNC(=NCC(O)COc1cccc(C)c1)NCC1CCCOC1C(C)(C)C.I. The molecule has 172 valence electrons. The summed E-state index contributed by atoms with van der Waals surface area (Å²) < 4.78 is 11.7. The minimum atomic E-state index is -0.661. The van der Waals surface area contributed by atoms with Crippen molar-refractivity contribution in [1.82, 2.24) is 10.6 Å². The molecule has 3 unspecified atom stereocenters. The van der Waals surface area contributed by atoms with Gasteiger partial charge in [-0.25, -0.2) is 0 Å². The van der Waals surface area contributed by atoms with Crippen molar-refractivity contribution in [2.75, 3.05) is 32.8 Å². The molecule has 0 amide bonds. The summed E-state index contributed by atoms with van der Waals surface area (Å²) in [6, 6.07) is 7.82. The Hall–Kier alpha value is -1.06. The van der Waals surface area contributed by atoms with E-state index in [0.29, 0.717) is 5.92 Å². The van der Waals surface area contributed by atoms with Crippen LogP contribution in [0.2, 0.25) is 0 Å². The maximum absolute atomic E-state index is 10.3. The zero-order valence-corrected chi connectivity index (χ0v) is 21.4. The molecule has 3 atom stereocenters. The first-order valence-corrected chi connectivity index (χ1v) is 10.8. The standard InChI is InChI=1S/C23H39N3O3.HI/c1-6-24-22(25-14-18-10-8-12-28-21(18)23(3,4)5)26-15-19(27)16-29-20-11-7-9-17(2)13-20;/h7,9,11,13,18-19,21,27H,6,8,10,12,14-16H2,1-5H3,(H2,24,25,26);1H. The van der Waals surface area contributed by atoms with E-state index in [0.717, 1.165) is 49.8 Å². The van der Waals surface area contributed by atoms with Crippen LogP contribution in [0.1, 0.15) is 46.1 Å². The monoisotopic (exact) mass is 533 g/mol. The van der Waals surface area contributed by atoms with Crippen molar-refractivity contribution in [3.05, 3.63) is 29.8 Å². The van der Waals surface area contributed by atoms with E-state index in [-0.39, 0.29) is 48.6 Å². The third-order valence-corrected chi connectivity index (χ3v) is 5.07. The van der Waals surface area contributed by atoms with Gasteiger partial charge in [0.1, 0.15) is 18.5 Å². The van der Waals surface area contributed by atoms with E-state index >= 15 is 0 Å². The van der Waals surface area contributed by atoms with Crippen LogP contribution in [0, 0.1) is 18.3 Å². The number of benzene rings is 1. The average Bonchev–Trinajstić information content (AvgIpc) is 2.68. The number of aliphatic imine (C=N–C) groups is 1. The van der Waals surface area contributed by atoms with E-state index in [4.69, 9.17) is 9.47 Å². The molecule has 0 saturated carbocycles. The highest BCUT2D eigenvalue weighted by molar-refractivity contribution is 14.0. The molecule has 0 radical (unpaired) electrons. The highest BCUT2D eigenvalue weighted by atomic mass is 127. The van der Waals surface area contributed by atoms with Gasteiger partial charge in [0.25, 0.3) is 0 Å². The fourth-order valence-electron chi connectivity index (χ4n) is 3.73. The number of halogens is 1. The lowest BCUT2D eigenvalue weighted by atomic mass is 9.78. The molecule has 2 rings (SSSR count). The molecule has 1 saturated heterocycles. The highest BCUT2D eigenvalue weighted by Gasteiger charge is 2.35. The fraction of sp³-hybridized carbons (Fsp3) is 0.696. The molecule has 1 heterocycles. The van der Waals surface area contributed by atoms with Gasteiger partial charge in [0, 0.05) is 25.6 Å². The second-order valence-corrected chi connectivity index (χ2v) is 8.94. The van der Waals surface area contributed by atoms with Crippen LogP contribution in [-0.2, 0) is 4.74 Å². The predicted molar refractivity (Wildman–Crippen MR) is 134 cm³/mol. The molecular weight excluding hydrogens is 493 g/mol. The summed E-state index contributed by atoms with van der Waals surface area (Å²) in [5, 5.41) is 16.9. The van der Waals surface area contributed by atoms with Gasteiger partial charge in [-0.2, -0.15) is 0 Å². The van der Waals surface area contributed by atoms with Crippen molar-refractivity contribution in [2.45, 2.75) is 59.7 Å². The molecule has 1 aromatic rings. The third kappa shape index (κ3) is 9.39. The molecule has 1 aliphatic rings. The Morgan fingerprint density at radius 2 is 2.10 bits per heavy atom. The maximum Gasteiger partial charge on any atom is 0.191 e. The van der Waals surface area contributed by atoms with Gasteiger partial charge >= 0.3 is 0 Å². The van der Waals surface area contributed by atoms with E-state index in [9.17, 15) is 5.11 Å². The molecule has 30 heavy (non-hydrogen) atoms. The molecule has 1 aliphatic heterocycles. The van der Waals surface area contributed by atoms with Crippen LogP contribution in [-0.4, -0.2) is 56.1 Å². The summed E-state index contributed by atoms with van der Waals surface area (Å²) in [7, 11) is 0. The van der Waals surface area contributed by atoms with Crippen LogP contribution >= 0.6 is 24.0 Å². The lowest BCUT2D eigenvalue weighted by Gasteiger charge is -2.40. The largest absolute Gasteiger partial charge is 0.491 e. The van der Waals surface area contributed by atoms with Crippen LogP contribution in [0.3, 0.4) is 0 Å². The summed E-state index contributed by atoms with van der Waals surface area (Å²) in [5.74, 6) is 1.94. The molecule has 1 fully saturated rings. The van der Waals surface area contributed by atoms with Gasteiger partial charge in [-0.05, 0) is 49.8 Å². The first-order valence-electron chi connectivity index (χ1n) is 10.8. The number of aryl methyl sites for hydroxylation is 1. The summed E-state index contributed by atoms with van der Waals surface area (Å²) in [4.78, 5) is 4.54. The average molecular weight is 533 g/mol. The summed E-state index contributed by atoms with van der Waals surface area (Å²) >= 11 is 0. The van der Waals surface area contributed by atoms with E-state index < -0.39 is 6.10 Å². The van der Waals surface area contributed by atoms with Gasteiger partial charge in [-0.3, -0.25) is 4.99 Å². The summed E-state index contributed by atoms with van der Waals surface area (Å²) in [6.07, 6.45) is 1.83. The van der Waals surface area contributed by atoms with Gasteiger partial charge < -0.3 is 25.2 Å². The third-order valence-electron chi connectivity index (χ3n) is 5.07. The summed E-state index contributed by atoms with van der Waals surface area (Å²) in [6.45, 7) is 13.7.